The van der Waals surface area contributed by atoms with Crippen molar-refractivity contribution in [2.75, 3.05) is 0 Å². The summed E-state index contributed by atoms with van der Waals surface area (Å²) >= 11 is 0. The second-order valence-electron chi connectivity index (χ2n) is 13.5. The minimum Gasteiger partial charge on any atom is -0.456 e. The average molecular weight is 676 g/mol. The van der Waals surface area contributed by atoms with Gasteiger partial charge in [-0.15, -0.1) is 0 Å². The Bertz CT molecular complexity index is 3240. The van der Waals surface area contributed by atoms with Gasteiger partial charge in [-0.25, -0.2) is 15.0 Å². The molecular weight excluding hydrogens is 647 g/mol. The number of benzene rings is 9. The van der Waals surface area contributed by atoms with Gasteiger partial charge in [0.25, 0.3) is 0 Å². The van der Waals surface area contributed by atoms with Crippen molar-refractivity contribution in [3.05, 3.63) is 176 Å². The third-order valence-corrected chi connectivity index (χ3v) is 10.5. The quantitative estimate of drug-likeness (QED) is 0.174. The smallest absolute Gasteiger partial charge is 0.165 e. The van der Waals surface area contributed by atoms with Crippen molar-refractivity contribution in [2.24, 2.45) is 0 Å². The minimum absolute atomic E-state index is 0.620. The zero-order chi connectivity index (χ0) is 34.9. The topological polar surface area (TPSA) is 51.8 Å². The first-order chi connectivity index (χ1) is 26.3. The van der Waals surface area contributed by atoms with Crippen molar-refractivity contribution in [2.45, 2.75) is 0 Å². The lowest BCUT2D eigenvalue weighted by atomic mass is 9.91. The van der Waals surface area contributed by atoms with Crippen LogP contribution in [0.4, 0.5) is 0 Å². The second kappa shape index (κ2) is 11.7. The summed E-state index contributed by atoms with van der Waals surface area (Å²) in [7, 11) is 0. The van der Waals surface area contributed by atoms with E-state index in [2.05, 4.69) is 140 Å². The Hall–Kier alpha value is -7.17. The van der Waals surface area contributed by atoms with Crippen LogP contribution in [0, 0.1) is 0 Å². The predicted molar refractivity (Wildman–Crippen MR) is 219 cm³/mol. The van der Waals surface area contributed by atoms with Gasteiger partial charge in [-0.2, -0.15) is 0 Å². The van der Waals surface area contributed by atoms with E-state index in [0.717, 1.165) is 60.5 Å². The second-order valence-corrected chi connectivity index (χ2v) is 13.5. The van der Waals surface area contributed by atoms with Crippen LogP contribution in [0.25, 0.3) is 110 Å². The van der Waals surface area contributed by atoms with E-state index in [4.69, 9.17) is 19.4 Å². The number of hydrogen-bond donors (Lipinski definition) is 0. The van der Waals surface area contributed by atoms with Crippen molar-refractivity contribution in [3.63, 3.8) is 0 Å². The molecule has 11 rings (SSSR count). The van der Waals surface area contributed by atoms with Crippen LogP contribution in [0.15, 0.2) is 180 Å². The average Bonchev–Trinajstić information content (AvgIpc) is 3.62. The van der Waals surface area contributed by atoms with Gasteiger partial charge < -0.3 is 4.42 Å². The van der Waals surface area contributed by atoms with E-state index in [1.165, 1.54) is 32.3 Å². The summed E-state index contributed by atoms with van der Waals surface area (Å²) in [6.07, 6.45) is 0. The van der Waals surface area contributed by atoms with Gasteiger partial charge in [-0.1, -0.05) is 158 Å². The van der Waals surface area contributed by atoms with Gasteiger partial charge in [0, 0.05) is 27.5 Å². The molecule has 0 spiro atoms. The third-order valence-electron chi connectivity index (χ3n) is 10.5. The summed E-state index contributed by atoms with van der Waals surface area (Å²) in [5.74, 6) is 1.87. The number of fused-ring (bicyclic) bond motifs is 9. The number of hydrogen-bond acceptors (Lipinski definition) is 4. The fourth-order valence-electron chi connectivity index (χ4n) is 8.03. The SMILES string of the molecule is c1ccc(-c2nc(-c3ccc4ccc5c6ccccc6ccc5c4c3)nc(-c3c(-c4cccc5oc6ccccc6c45)ccc4ccccc34)n2)cc1. The maximum Gasteiger partial charge on any atom is 0.165 e. The number of para-hydroxylation sites is 1. The molecule has 0 bridgehead atoms. The standard InChI is InChI=1S/C49H29N3O/c1-2-13-33(14-3-1)47-50-48(34-22-21-32-24-26-37-35-15-6-4-11-30(35)23-27-38(37)42(32)29-34)52-49(51-47)46-36-16-7-5-12-31(36)25-28-40(46)39-18-10-20-44-45(39)41-17-8-9-19-43(41)53-44/h1-29H. The summed E-state index contributed by atoms with van der Waals surface area (Å²) in [6, 6.07) is 61.6. The molecular formula is C49H29N3O. The highest BCUT2D eigenvalue weighted by Crippen LogP contribution is 2.43. The Kier molecular flexibility index (Phi) is 6.52. The van der Waals surface area contributed by atoms with E-state index < -0.39 is 0 Å². The number of furan rings is 1. The van der Waals surface area contributed by atoms with Crippen LogP contribution in [0.1, 0.15) is 0 Å². The third kappa shape index (κ3) is 4.73. The summed E-state index contributed by atoms with van der Waals surface area (Å²) in [6.45, 7) is 0. The van der Waals surface area contributed by atoms with Gasteiger partial charge in [0.15, 0.2) is 17.5 Å². The number of aromatic nitrogens is 3. The van der Waals surface area contributed by atoms with E-state index in [1.54, 1.807) is 0 Å². The van der Waals surface area contributed by atoms with Crippen LogP contribution in [-0.2, 0) is 0 Å². The first kappa shape index (κ1) is 29.5. The van der Waals surface area contributed by atoms with Gasteiger partial charge in [0.2, 0.25) is 0 Å². The molecule has 0 fully saturated rings. The molecule has 0 radical (unpaired) electrons. The van der Waals surface area contributed by atoms with Gasteiger partial charge in [-0.05, 0) is 72.4 Å². The molecule has 2 aromatic heterocycles. The van der Waals surface area contributed by atoms with E-state index >= 15 is 0 Å². The number of rotatable bonds is 4. The molecule has 0 aliphatic heterocycles. The fourth-order valence-corrected chi connectivity index (χ4v) is 8.03. The minimum atomic E-state index is 0.620. The molecule has 0 saturated heterocycles. The number of nitrogens with zero attached hydrogens (tertiary/aromatic N) is 3. The van der Waals surface area contributed by atoms with Crippen LogP contribution < -0.4 is 0 Å². The molecule has 0 aliphatic rings. The van der Waals surface area contributed by atoms with E-state index in [-0.39, 0.29) is 0 Å². The highest BCUT2D eigenvalue weighted by Gasteiger charge is 2.21. The molecule has 4 nitrogen and oxygen atoms in total. The molecule has 0 unspecified atom stereocenters. The first-order valence-corrected chi connectivity index (χ1v) is 17.9. The molecule has 0 atom stereocenters. The highest BCUT2D eigenvalue weighted by atomic mass is 16.3. The molecule has 0 N–H and O–H groups in total. The summed E-state index contributed by atoms with van der Waals surface area (Å²) in [5, 5.41) is 11.6. The van der Waals surface area contributed by atoms with Crippen LogP contribution in [0.5, 0.6) is 0 Å². The van der Waals surface area contributed by atoms with Crippen LogP contribution in [-0.4, -0.2) is 15.0 Å². The Balaban J connectivity index is 1.20. The maximum atomic E-state index is 6.35. The van der Waals surface area contributed by atoms with Gasteiger partial charge >= 0.3 is 0 Å². The molecule has 2 heterocycles. The molecule has 0 saturated carbocycles. The summed E-state index contributed by atoms with van der Waals surface area (Å²) < 4.78 is 6.35. The van der Waals surface area contributed by atoms with Crippen LogP contribution >= 0.6 is 0 Å². The van der Waals surface area contributed by atoms with Crippen molar-refractivity contribution in [1.29, 1.82) is 0 Å². The molecule has 4 heteroatoms. The monoisotopic (exact) mass is 675 g/mol. The summed E-state index contributed by atoms with van der Waals surface area (Å²) in [5.41, 5.74) is 6.64. The van der Waals surface area contributed by atoms with Crippen molar-refractivity contribution in [1.82, 2.24) is 15.0 Å². The lowest BCUT2D eigenvalue weighted by Crippen LogP contribution is -2.02. The molecule has 0 aliphatic carbocycles. The Morgan fingerprint density at radius 2 is 0.906 bits per heavy atom. The first-order valence-electron chi connectivity index (χ1n) is 17.9. The molecule has 246 valence electrons. The highest BCUT2D eigenvalue weighted by molar-refractivity contribution is 6.18. The molecule has 0 amide bonds. The lowest BCUT2D eigenvalue weighted by Gasteiger charge is -2.16. The van der Waals surface area contributed by atoms with Crippen LogP contribution in [0.3, 0.4) is 0 Å². The Labute approximate surface area is 304 Å². The maximum absolute atomic E-state index is 6.35. The normalized spacial score (nSPS) is 11.8. The van der Waals surface area contributed by atoms with Gasteiger partial charge in [0.05, 0.1) is 0 Å². The van der Waals surface area contributed by atoms with E-state index in [0.29, 0.717) is 17.5 Å². The molecule has 53 heavy (non-hydrogen) atoms. The Morgan fingerprint density at radius 1 is 0.321 bits per heavy atom. The zero-order valence-corrected chi connectivity index (χ0v) is 28.5. The van der Waals surface area contributed by atoms with Crippen LogP contribution in [0.2, 0.25) is 0 Å². The fraction of sp³-hybridized carbons (Fsp3) is 0. The Morgan fingerprint density at radius 3 is 1.74 bits per heavy atom. The molecule has 9 aromatic carbocycles. The van der Waals surface area contributed by atoms with Crippen molar-refractivity contribution >= 4 is 65.0 Å². The van der Waals surface area contributed by atoms with Crippen molar-refractivity contribution < 1.29 is 4.42 Å². The zero-order valence-electron chi connectivity index (χ0n) is 28.5. The largest absolute Gasteiger partial charge is 0.456 e. The lowest BCUT2D eigenvalue weighted by molar-refractivity contribution is 0.669. The predicted octanol–water partition coefficient (Wildman–Crippen LogP) is 13.1. The van der Waals surface area contributed by atoms with E-state index in [9.17, 15) is 0 Å². The van der Waals surface area contributed by atoms with Gasteiger partial charge in [0.1, 0.15) is 11.2 Å². The van der Waals surface area contributed by atoms with Gasteiger partial charge in [-0.3, -0.25) is 0 Å². The van der Waals surface area contributed by atoms with Crippen molar-refractivity contribution in [3.8, 4) is 45.3 Å². The molecule has 11 aromatic rings. The summed E-state index contributed by atoms with van der Waals surface area (Å²) in [4.78, 5) is 15.8. The van der Waals surface area contributed by atoms with E-state index in [1.807, 2.05) is 36.4 Å².